The second-order valence-electron chi connectivity index (χ2n) is 9.74. The molecule has 2 aromatic heterocycles. The van der Waals surface area contributed by atoms with Crippen molar-refractivity contribution in [1.29, 1.82) is 0 Å². The number of carbonyl (C=O) groups excluding carboxylic acids is 2. The van der Waals surface area contributed by atoms with Crippen molar-refractivity contribution in [2.75, 3.05) is 54.7 Å². The fourth-order valence-corrected chi connectivity index (χ4v) is 6.49. The maximum absolute atomic E-state index is 12.9. The highest BCUT2D eigenvalue weighted by atomic mass is 32.1. The lowest BCUT2D eigenvalue weighted by Crippen LogP contribution is -2.27. The van der Waals surface area contributed by atoms with E-state index in [2.05, 4.69) is 0 Å². The van der Waals surface area contributed by atoms with E-state index in [9.17, 15) is 14.4 Å². The fourth-order valence-electron chi connectivity index (χ4n) is 4.38. The number of hydrogen-bond acceptors (Lipinski definition) is 10. The molecule has 1 N–H and O–H groups in total. The normalized spacial score (nSPS) is 11.1. The number of thiophene rings is 2. The summed E-state index contributed by atoms with van der Waals surface area (Å²) in [5.41, 5.74) is 0. The molecule has 0 bridgehead atoms. The van der Waals surface area contributed by atoms with Gasteiger partial charge in [0.25, 0.3) is 5.91 Å². The summed E-state index contributed by atoms with van der Waals surface area (Å²) in [6, 6.07) is 11.0. The highest BCUT2D eigenvalue weighted by molar-refractivity contribution is 7.21. The molecule has 0 aliphatic rings. The Morgan fingerprint density at radius 1 is 0.721 bits per heavy atom. The van der Waals surface area contributed by atoms with Gasteiger partial charge in [-0.3, -0.25) is 14.4 Å². The minimum absolute atomic E-state index is 0.0343. The molecule has 0 radical (unpaired) electrons. The van der Waals surface area contributed by atoms with Gasteiger partial charge in [0.2, 0.25) is 0 Å². The quantitative estimate of drug-likeness (QED) is 0.108. The number of methoxy groups -OCH3 is 3. The average molecular weight is 630 g/mol. The predicted octanol–water partition coefficient (Wildman–Crippen LogP) is 6.14. The topological polar surface area (TPSA) is 121 Å². The summed E-state index contributed by atoms with van der Waals surface area (Å²) in [7, 11) is 6.57. The van der Waals surface area contributed by atoms with Gasteiger partial charge >= 0.3 is 5.97 Å². The molecule has 10 nitrogen and oxygen atoms in total. The lowest BCUT2D eigenvalue weighted by atomic mass is 10.1. The molecule has 0 saturated carbocycles. The largest absolute Gasteiger partial charge is 0.493 e. The molecule has 0 unspecified atom stereocenters. The van der Waals surface area contributed by atoms with E-state index in [1.165, 1.54) is 22.7 Å². The van der Waals surface area contributed by atoms with Crippen LogP contribution in [0.2, 0.25) is 0 Å². The molecule has 1 amide bonds. The van der Waals surface area contributed by atoms with Gasteiger partial charge in [-0.25, -0.2) is 0 Å². The molecule has 0 atom stereocenters. The Bertz CT molecular complexity index is 1590. The fraction of sp³-hybridized carbons (Fsp3) is 0.387. The summed E-state index contributed by atoms with van der Waals surface area (Å²) in [6.45, 7) is 1.94. The molecule has 12 heteroatoms. The van der Waals surface area contributed by atoms with Crippen LogP contribution in [0.3, 0.4) is 0 Å². The number of carboxylic acids is 1. The third-order valence-corrected chi connectivity index (χ3v) is 8.87. The Morgan fingerprint density at radius 2 is 1.28 bits per heavy atom. The summed E-state index contributed by atoms with van der Waals surface area (Å²) in [6.07, 6.45) is 1.10. The van der Waals surface area contributed by atoms with Gasteiger partial charge in [0.15, 0.2) is 28.8 Å². The van der Waals surface area contributed by atoms with Crippen molar-refractivity contribution in [1.82, 2.24) is 4.90 Å². The zero-order valence-electron chi connectivity index (χ0n) is 24.6. The van der Waals surface area contributed by atoms with E-state index in [0.717, 1.165) is 26.6 Å². The third kappa shape index (κ3) is 8.15. The van der Waals surface area contributed by atoms with Gasteiger partial charge < -0.3 is 33.7 Å². The first-order valence-electron chi connectivity index (χ1n) is 13.7. The number of carbonyl (C=O) groups is 3. The second-order valence-corrected chi connectivity index (χ2v) is 11.9. The van der Waals surface area contributed by atoms with E-state index in [0.29, 0.717) is 65.5 Å². The molecular formula is C31H35NO9S2. The van der Waals surface area contributed by atoms with Crippen LogP contribution in [0.1, 0.15) is 45.0 Å². The van der Waals surface area contributed by atoms with E-state index in [4.69, 9.17) is 28.8 Å². The lowest BCUT2D eigenvalue weighted by Gasteiger charge is -2.15. The monoisotopic (exact) mass is 629 g/mol. The Hall–Kier alpha value is -3.87. The Kier molecular flexibility index (Phi) is 11.2. The van der Waals surface area contributed by atoms with Gasteiger partial charge in [-0.2, -0.15) is 0 Å². The van der Waals surface area contributed by atoms with Crippen molar-refractivity contribution in [2.24, 2.45) is 0 Å². The van der Waals surface area contributed by atoms with Crippen LogP contribution >= 0.6 is 22.7 Å². The number of fused-ring (bicyclic) bond motifs is 2. The summed E-state index contributed by atoms with van der Waals surface area (Å²) in [5.74, 6) is 1.01. The van der Waals surface area contributed by atoms with Crippen LogP contribution < -0.4 is 18.9 Å². The van der Waals surface area contributed by atoms with Crippen LogP contribution in [-0.4, -0.2) is 82.4 Å². The van der Waals surface area contributed by atoms with Crippen LogP contribution in [0.4, 0.5) is 0 Å². The SMILES string of the molecule is COCCCN(C)C(=O)c1cc2cc(OCCCOc3cc4cc(C(=O)CCC(=O)O)sc4cc3OC)c(OC)cc2s1. The molecule has 43 heavy (non-hydrogen) atoms. The zero-order chi connectivity index (χ0) is 30.9. The van der Waals surface area contributed by atoms with Gasteiger partial charge in [-0.15, -0.1) is 22.7 Å². The second kappa shape index (κ2) is 15.0. The summed E-state index contributed by atoms with van der Waals surface area (Å²) < 4.78 is 29.9. The van der Waals surface area contributed by atoms with Crippen molar-refractivity contribution in [3.05, 3.63) is 46.2 Å². The standard InChI is InChI=1S/C31H35NO9S2/c1-32(9-5-10-37-2)31(36)29-16-20-14-25(23(39-4)18-27(20)43-29)41-12-6-11-40-24-13-19-15-28(21(33)7-8-30(34)35)42-26(19)17-22(24)38-3/h13-18H,5-12H2,1-4H3,(H,34,35). The Labute approximate surface area is 257 Å². The molecule has 4 aromatic rings. The number of aliphatic carboxylic acids is 1. The van der Waals surface area contributed by atoms with Crippen LogP contribution in [-0.2, 0) is 9.53 Å². The van der Waals surface area contributed by atoms with Gasteiger partial charge in [0, 0.05) is 61.7 Å². The minimum Gasteiger partial charge on any atom is -0.493 e. The first kappa shape index (κ1) is 32.1. The number of carboxylic acid groups (broad SMARTS) is 1. The average Bonchev–Trinajstić information content (AvgIpc) is 3.61. The highest BCUT2D eigenvalue weighted by Gasteiger charge is 2.18. The number of ketones is 1. The molecule has 0 aliphatic carbocycles. The van der Waals surface area contributed by atoms with Crippen LogP contribution in [0.15, 0.2) is 36.4 Å². The molecule has 0 spiro atoms. The van der Waals surface area contributed by atoms with Crippen molar-refractivity contribution in [2.45, 2.75) is 25.7 Å². The Balaban J connectivity index is 1.36. The van der Waals surface area contributed by atoms with Gasteiger partial charge in [-0.05, 0) is 41.5 Å². The molecule has 4 rings (SSSR count). The molecule has 0 fully saturated rings. The van der Waals surface area contributed by atoms with Crippen LogP contribution in [0.5, 0.6) is 23.0 Å². The van der Waals surface area contributed by atoms with E-state index in [1.54, 1.807) is 39.3 Å². The van der Waals surface area contributed by atoms with Crippen molar-refractivity contribution in [3.63, 3.8) is 0 Å². The number of benzene rings is 2. The van der Waals surface area contributed by atoms with Crippen LogP contribution in [0.25, 0.3) is 20.2 Å². The summed E-state index contributed by atoms with van der Waals surface area (Å²) in [5, 5.41) is 10.6. The maximum atomic E-state index is 12.9. The zero-order valence-corrected chi connectivity index (χ0v) is 26.2. The van der Waals surface area contributed by atoms with E-state index >= 15 is 0 Å². The number of nitrogens with zero attached hydrogens (tertiary/aromatic N) is 1. The van der Waals surface area contributed by atoms with Crippen LogP contribution in [0, 0.1) is 0 Å². The van der Waals surface area contributed by atoms with E-state index in [-0.39, 0.29) is 24.5 Å². The number of rotatable bonds is 17. The minimum atomic E-state index is -1.00. The van der Waals surface area contributed by atoms with Crippen molar-refractivity contribution >= 4 is 60.5 Å². The first-order chi connectivity index (χ1) is 20.7. The lowest BCUT2D eigenvalue weighted by molar-refractivity contribution is -0.136. The summed E-state index contributed by atoms with van der Waals surface area (Å²) >= 11 is 2.72. The molecule has 2 heterocycles. The number of amides is 1. The smallest absolute Gasteiger partial charge is 0.303 e. The van der Waals surface area contributed by atoms with E-state index in [1.807, 2.05) is 30.3 Å². The maximum Gasteiger partial charge on any atom is 0.303 e. The van der Waals surface area contributed by atoms with Crippen molar-refractivity contribution < 1.29 is 43.2 Å². The molecule has 230 valence electrons. The number of ether oxygens (including phenoxy) is 5. The number of Topliss-reactive ketones (excluding diaryl/α,β-unsaturated/α-hetero) is 1. The third-order valence-electron chi connectivity index (χ3n) is 6.65. The van der Waals surface area contributed by atoms with Crippen molar-refractivity contribution in [3.8, 4) is 23.0 Å². The van der Waals surface area contributed by atoms with Gasteiger partial charge in [0.05, 0.1) is 43.6 Å². The first-order valence-corrected chi connectivity index (χ1v) is 15.4. The predicted molar refractivity (Wildman–Crippen MR) is 167 cm³/mol. The van der Waals surface area contributed by atoms with E-state index < -0.39 is 5.97 Å². The number of hydrogen-bond donors (Lipinski definition) is 1. The molecular weight excluding hydrogens is 594 g/mol. The molecule has 0 aliphatic heterocycles. The molecule has 2 aromatic carbocycles. The molecule has 0 saturated heterocycles. The highest BCUT2D eigenvalue weighted by Crippen LogP contribution is 2.38. The summed E-state index contributed by atoms with van der Waals surface area (Å²) in [4.78, 5) is 38.9. The van der Waals surface area contributed by atoms with Gasteiger partial charge in [-0.1, -0.05) is 0 Å². The van der Waals surface area contributed by atoms with Gasteiger partial charge in [0.1, 0.15) is 0 Å². The Morgan fingerprint density at radius 3 is 1.81 bits per heavy atom.